The summed E-state index contributed by atoms with van der Waals surface area (Å²) in [6.07, 6.45) is 0. The Hall–Kier alpha value is -2.86. The predicted octanol–water partition coefficient (Wildman–Crippen LogP) is 4.54. The van der Waals surface area contributed by atoms with E-state index in [1.807, 2.05) is 31.2 Å². The van der Waals surface area contributed by atoms with Gasteiger partial charge < -0.3 is 4.74 Å². The molecule has 0 aliphatic rings. The first kappa shape index (κ1) is 18.9. The molecular weight excluding hydrogens is 365 g/mol. The van der Waals surface area contributed by atoms with Crippen molar-refractivity contribution in [3.63, 3.8) is 0 Å². The van der Waals surface area contributed by atoms with E-state index in [4.69, 9.17) is 4.74 Å². The quantitative estimate of drug-likeness (QED) is 0.626. The average Bonchev–Trinajstić information content (AvgIpc) is 2.67. The van der Waals surface area contributed by atoms with E-state index in [-0.39, 0.29) is 17.1 Å². The van der Waals surface area contributed by atoms with Gasteiger partial charge in [0, 0.05) is 0 Å². The second kappa shape index (κ2) is 7.80. The lowest BCUT2D eigenvalue weighted by Crippen LogP contribution is -2.31. The molecule has 3 aromatic rings. The number of aryl methyl sites for hydroxylation is 1. The standard InChI is InChI=1S/C21H20FNO3S/c1-16-6-3-4-7-17(16)15-23(19-9-5-8-18(22)14-19)27(24,25)21-12-10-20(26-2)11-13-21/h3-14H,15H2,1-2H3. The fourth-order valence-corrected chi connectivity index (χ4v) is 4.20. The maximum absolute atomic E-state index is 13.8. The van der Waals surface area contributed by atoms with Crippen LogP contribution in [0.5, 0.6) is 5.75 Å². The SMILES string of the molecule is COc1ccc(S(=O)(=O)N(Cc2ccccc2C)c2cccc(F)c2)cc1. The fraction of sp³-hybridized carbons (Fsp3) is 0.143. The van der Waals surface area contributed by atoms with Gasteiger partial charge in [0.25, 0.3) is 10.0 Å². The van der Waals surface area contributed by atoms with Crippen molar-refractivity contribution < 1.29 is 17.5 Å². The number of ether oxygens (including phenoxy) is 1. The number of nitrogens with zero attached hydrogens (tertiary/aromatic N) is 1. The first-order chi connectivity index (χ1) is 12.9. The monoisotopic (exact) mass is 385 g/mol. The van der Waals surface area contributed by atoms with Crippen LogP contribution in [0.1, 0.15) is 11.1 Å². The van der Waals surface area contributed by atoms with E-state index in [9.17, 15) is 12.8 Å². The molecule has 0 amide bonds. The highest BCUT2D eigenvalue weighted by atomic mass is 32.2. The van der Waals surface area contributed by atoms with Crippen molar-refractivity contribution in [2.45, 2.75) is 18.4 Å². The van der Waals surface area contributed by atoms with Crippen LogP contribution in [0.3, 0.4) is 0 Å². The molecule has 0 N–H and O–H groups in total. The third kappa shape index (κ3) is 4.11. The molecule has 140 valence electrons. The summed E-state index contributed by atoms with van der Waals surface area (Å²) in [5, 5.41) is 0. The first-order valence-electron chi connectivity index (χ1n) is 8.38. The molecule has 0 saturated carbocycles. The van der Waals surface area contributed by atoms with Crippen molar-refractivity contribution in [2.75, 3.05) is 11.4 Å². The summed E-state index contributed by atoms with van der Waals surface area (Å²) in [6, 6.07) is 19.3. The second-order valence-electron chi connectivity index (χ2n) is 6.09. The van der Waals surface area contributed by atoms with Crippen LogP contribution < -0.4 is 9.04 Å². The molecule has 0 radical (unpaired) electrons. The summed E-state index contributed by atoms with van der Waals surface area (Å²) in [6.45, 7) is 2.02. The molecule has 6 heteroatoms. The lowest BCUT2D eigenvalue weighted by molar-refractivity contribution is 0.414. The fourth-order valence-electron chi connectivity index (χ4n) is 2.76. The van der Waals surface area contributed by atoms with Gasteiger partial charge in [0.1, 0.15) is 11.6 Å². The molecule has 0 bridgehead atoms. The van der Waals surface area contributed by atoms with Crippen molar-refractivity contribution in [1.29, 1.82) is 0 Å². The topological polar surface area (TPSA) is 46.6 Å². The molecule has 0 fully saturated rings. The smallest absolute Gasteiger partial charge is 0.264 e. The van der Waals surface area contributed by atoms with Gasteiger partial charge in [0.05, 0.1) is 24.2 Å². The highest BCUT2D eigenvalue weighted by molar-refractivity contribution is 7.92. The molecule has 0 atom stereocenters. The number of rotatable bonds is 6. The van der Waals surface area contributed by atoms with Crippen LogP contribution in [0, 0.1) is 12.7 Å². The second-order valence-corrected chi connectivity index (χ2v) is 7.96. The number of anilines is 1. The van der Waals surface area contributed by atoms with Crippen molar-refractivity contribution >= 4 is 15.7 Å². The molecule has 0 unspecified atom stereocenters. The van der Waals surface area contributed by atoms with Crippen molar-refractivity contribution in [2.24, 2.45) is 0 Å². The van der Waals surface area contributed by atoms with Gasteiger partial charge in [-0.1, -0.05) is 30.3 Å². The van der Waals surface area contributed by atoms with E-state index >= 15 is 0 Å². The molecule has 0 aromatic heterocycles. The first-order valence-corrected chi connectivity index (χ1v) is 9.82. The summed E-state index contributed by atoms with van der Waals surface area (Å²) < 4.78 is 46.8. The van der Waals surface area contributed by atoms with Crippen LogP contribution in [0.4, 0.5) is 10.1 Å². The summed E-state index contributed by atoms with van der Waals surface area (Å²) in [7, 11) is -2.39. The van der Waals surface area contributed by atoms with Gasteiger partial charge >= 0.3 is 0 Å². The van der Waals surface area contributed by atoms with Crippen molar-refractivity contribution in [1.82, 2.24) is 0 Å². The Morgan fingerprint density at radius 3 is 2.30 bits per heavy atom. The van der Waals surface area contributed by atoms with E-state index in [0.717, 1.165) is 11.1 Å². The minimum absolute atomic E-state index is 0.102. The molecule has 0 saturated heterocycles. The number of hydrogen-bond acceptors (Lipinski definition) is 3. The zero-order valence-corrected chi connectivity index (χ0v) is 15.9. The van der Waals surface area contributed by atoms with Gasteiger partial charge in [0.2, 0.25) is 0 Å². The maximum atomic E-state index is 13.8. The highest BCUT2D eigenvalue weighted by Gasteiger charge is 2.26. The van der Waals surface area contributed by atoms with Gasteiger partial charge in [-0.25, -0.2) is 12.8 Å². The lowest BCUT2D eigenvalue weighted by atomic mass is 10.1. The summed E-state index contributed by atoms with van der Waals surface area (Å²) in [4.78, 5) is 0.112. The van der Waals surface area contributed by atoms with Crippen LogP contribution in [0.25, 0.3) is 0 Å². The zero-order chi connectivity index (χ0) is 19.4. The van der Waals surface area contributed by atoms with Crippen LogP contribution in [0.15, 0.2) is 77.7 Å². The number of benzene rings is 3. The normalized spacial score (nSPS) is 11.2. The molecule has 27 heavy (non-hydrogen) atoms. The molecule has 0 heterocycles. The number of hydrogen-bond donors (Lipinski definition) is 0. The Labute approximate surface area is 158 Å². The highest BCUT2D eigenvalue weighted by Crippen LogP contribution is 2.28. The third-order valence-electron chi connectivity index (χ3n) is 4.32. The van der Waals surface area contributed by atoms with Gasteiger partial charge in [-0.2, -0.15) is 0 Å². The van der Waals surface area contributed by atoms with E-state index in [1.54, 1.807) is 18.2 Å². The van der Waals surface area contributed by atoms with Crippen LogP contribution in [0.2, 0.25) is 0 Å². The number of sulfonamides is 1. The predicted molar refractivity (Wildman–Crippen MR) is 104 cm³/mol. The summed E-state index contributed by atoms with van der Waals surface area (Å²) in [5.41, 5.74) is 2.08. The van der Waals surface area contributed by atoms with Crippen molar-refractivity contribution in [3.8, 4) is 5.75 Å². The minimum Gasteiger partial charge on any atom is -0.497 e. The molecule has 3 rings (SSSR count). The minimum atomic E-state index is -3.90. The molecule has 4 nitrogen and oxygen atoms in total. The number of halogens is 1. The largest absolute Gasteiger partial charge is 0.497 e. The Bertz CT molecular complexity index is 1030. The molecule has 0 aliphatic carbocycles. The van der Waals surface area contributed by atoms with E-state index in [1.165, 1.54) is 41.7 Å². The van der Waals surface area contributed by atoms with Crippen molar-refractivity contribution in [3.05, 3.63) is 89.7 Å². The zero-order valence-electron chi connectivity index (χ0n) is 15.1. The van der Waals surface area contributed by atoms with E-state index in [0.29, 0.717) is 5.75 Å². The van der Waals surface area contributed by atoms with Crippen LogP contribution in [-0.4, -0.2) is 15.5 Å². The number of methoxy groups -OCH3 is 1. The molecule has 3 aromatic carbocycles. The Balaban J connectivity index is 2.09. The molecule has 0 aliphatic heterocycles. The Morgan fingerprint density at radius 2 is 1.67 bits per heavy atom. The average molecular weight is 385 g/mol. The van der Waals surface area contributed by atoms with Crippen LogP contribution in [-0.2, 0) is 16.6 Å². The van der Waals surface area contributed by atoms with Gasteiger partial charge in [-0.3, -0.25) is 4.31 Å². The van der Waals surface area contributed by atoms with Gasteiger partial charge in [0.15, 0.2) is 0 Å². The maximum Gasteiger partial charge on any atom is 0.264 e. The van der Waals surface area contributed by atoms with Gasteiger partial charge in [-0.15, -0.1) is 0 Å². The van der Waals surface area contributed by atoms with Crippen LogP contribution >= 0.6 is 0 Å². The lowest BCUT2D eigenvalue weighted by Gasteiger charge is -2.25. The molecule has 0 spiro atoms. The third-order valence-corrected chi connectivity index (χ3v) is 6.11. The van der Waals surface area contributed by atoms with E-state index in [2.05, 4.69) is 0 Å². The molecular formula is C21H20FNO3S. The van der Waals surface area contributed by atoms with Gasteiger partial charge in [-0.05, 0) is 60.5 Å². The Kier molecular flexibility index (Phi) is 5.46. The summed E-state index contributed by atoms with van der Waals surface area (Å²) in [5.74, 6) is 0.0670. The van der Waals surface area contributed by atoms with E-state index < -0.39 is 15.8 Å². The Morgan fingerprint density at radius 1 is 0.963 bits per heavy atom. The summed E-state index contributed by atoms with van der Waals surface area (Å²) >= 11 is 0.